The molecule has 1 amide bonds. The number of likely N-dealkylation sites (tertiary alicyclic amines) is 1. The predicted molar refractivity (Wildman–Crippen MR) is 82.5 cm³/mol. The molecule has 4 nitrogen and oxygen atoms in total. The van der Waals surface area contributed by atoms with Crippen LogP contribution in [0.15, 0.2) is 24.3 Å². The molecular weight excluding hydrogens is 269 g/mol. The summed E-state index contributed by atoms with van der Waals surface area (Å²) in [5, 5.41) is 2.62. The van der Waals surface area contributed by atoms with Gasteiger partial charge in [-0.05, 0) is 44.4 Å². The molecule has 0 aromatic heterocycles. The Hall–Kier alpha value is -1.46. The van der Waals surface area contributed by atoms with Gasteiger partial charge in [-0.25, -0.2) is 4.39 Å². The zero-order valence-corrected chi connectivity index (χ0v) is 12.5. The number of carbonyl (C=O) groups is 1. The Labute approximate surface area is 125 Å². The lowest BCUT2D eigenvalue weighted by Crippen LogP contribution is -2.43. The fourth-order valence-corrected chi connectivity index (χ4v) is 2.76. The number of nitrogens with two attached hydrogens (primary N) is 1. The highest BCUT2D eigenvalue weighted by Gasteiger charge is 2.22. The number of hydrogen-bond donors (Lipinski definition) is 2. The zero-order chi connectivity index (χ0) is 15.2. The van der Waals surface area contributed by atoms with E-state index in [1.165, 1.54) is 6.07 Å². The molecule has 1 fully saturated rings. The highest BCUT2D eigenvalue weighted by molar-refractivity contribution is 5.90. The van der Waals surface area contributed by atoms with Crippen molar-refractivity contribution < 1.29 is 9.18 Å². The third kappa shape index (κ3) is 4.79. The van der Waals surface area contributed by atoms with E-state index in [0.717, 1.165) is 25.9 Å². The summed E-state index contributed by atoms with van der Waals surface area (Å²) in [7, 11) is 0. The van der Waals surface area contributed by atoms with E-state index in [-0.39, 0.29) is 17.6 Å². The van der Waals surface area contributed by atoms with Crippen LogP contribution in [0.1, 0.15) is 26.2 Å². The third-order valence-electron chi connectivity index (χ3n) is 4.09. The van der Waals surface area contributed by atoms with Crippen LogP contribution in [0.25, 0.3) is 0 Å². The van der Waals surface area contributed by atoms with Gasteiger partial charge in [-0.15, -0.1) is 0 Å². The van der Waals surface area contributed by atoms with Crippen LogP contribution in [-0.4, -0.2) is 36.5 Å². The van der Waals surface area contributed by atoms with Crippen molar-refractivity contribution in [3.63, 3.8) is 0 Å². The Kier molecular flexibility index (Phi) is 5.70. The summed E-state index contributed by atoms with van der Waals surface area (Å²) >= 11 is 0. The molecule has 0 saturated carbocycles. The maximum Gasteiger partial charge on any atom is 0.225 e. The van der Waals surface area contributed by atoms with Crippen molar-refractivity contribution in [2.75, 3.05) is 25.0 Å². The molecule has 1 aromatic carbocycles. The van der Waals surface area contributed by atoms with Crippen LogP contribution in [0, 0.1) is 11.7 Å². The molecule has 1 saturated heterocycles. The lowest BCUT2D eigenvalue weighted by Gasteiger charge is -2.34. The van der Waals surface area contributed by atoms with Crippen molar-refractivity contribution in [2.24, 2.45) is 11.7 Å². The smallest absolute Gasteiger partial charge is 0.225 e. The molecule has 1 aliphatic heterocycles. The average Bonchev–Trinajstić information content (AvgIpc) is 2.48. The molecule has 21 heavy (non-hydrogen) atoms. The molecule has 1 aliphatic rings. The summed E-state index contributed by atoms with van der Waals surface area (Å²) in [6.45, 7) is 4.70. The van der Waals surface area contributed by atoms with E-state index >= 15 is 0 Å². The van der Waals surface area contributed by atoms with Crippen LogP contribution in [-0.2, 0) is 4.79 Å². The van der Waals surface area contributed by atoms with Crippen molar-refractivity contribution >= 4 is 11.6 Å². The van der Waals surface area contributed by atoms with E-state index < -0.39 is 5.82 Å². The van der Waals surface area contributed by atoms with Crippen LogP contribution >= 0.6 is 0 Å². The lowest BCUT2D eigenvalue weighted by atomic mass is 9.92. The highest BCUT2D eigenvalue weighted by Crippen LogP contribution is 2.19. The first-order chi connectivity index (χ1) is 10.1. The molecule has 1 aromatic rings. The van der Waals surface area contributed by atoms with Crippen LogP contribution in [0.2, 0.25) is 0 Å². The van der Waals surface area contributed by atoms with Crippen molar-refractivity contribution in [3.8, 4) is 0 Å². The minimum atomic E-state index is -0.402. The molecule has 0 bridgehead atoms. The van der Waals surface area contributed by atoms with Gasteiger partial charge in [0.15, 0.2) is 0 Å². The Morgan fingerprint density at radius 1 is 1.52 bits per heavy atom. The molecule has 0 spiro atoms. The fourth-order valence-electron chi connectivity index (χ4n) is 2.76. The second kappa shape index (κ2) is 7.52. The van der Waals surface area contributed by atoms with Gasteiger partial charge in [0.2, 0.25) is 5.91 Å². The molecule has 0 aliphatic carbocycles. The molecule has 0 radical (unpaired) electrons. The van der Waals surface area contributed by atoms with Gasteiger partial charge in [0, 0.05) is 25.6 Å². The maximum absolute atomic E-state index is 13.4. The zero-order valence-electron chi connectivity index (χ0n) is 12.5. The fraction of sp³-hybridized carbons (Fsp3) is 0.562. The first kappa shape index (κ1) is 15.9. The molecule has 2 unspecified atom stereocenters. The van der Waals surface area contributed by atoms with Crippen LogP contribution in [0.5, 0.6) is 0 Å². The van der Waals surface area contributed by atoms with Gasteiger partial charge >= 0.3 is 0 Å². The summed E-state index contributed by atoms with van der Waals surface area (Å²) < 4.78 is 13.4. The number of amides is 1. The normalized spacial score (nSPS) is 21.0. The number of carbonyl (C=O) groups excluding carboxylic acids is 1. The highest BCUT2D eigenvalue weighted by atomic mass is 19.1. The second-order valence-corrected chi connectivity index (χ2v) is 5.84. The number of hydrogen-bond acceptors (Lipinski definition) is 3. The van der Waals surface area contributed by atoms with E-state index in [9.17, 15) is 9.18 Å². The minimum Gasteiger partial charge on any atom is -0.328 e. The molecule has 116 valence electrons. The quantitative estimate of drug-likeness (QED) is 0.875. The van der Waals surface area contributed by atoms with Gasteiger partial charge in [-0.1, -0.05) is 12.1 Å². The summed E-state index contributed by atoms with van der Waals surface area (Å²) in [6, 6.07) is 6.41. The lowest BCUT2D eigenvalue weighted by molar-refractivity contribution is -0.116. The van der Waals surface area contributed by atoms with E-state index in [4.69, 9.17) is 5.73 Å². The number of benzene rings is 1. The number of nitrogens with one attached hydrogen (secondary N) is 1. The summed E-state index contributed by atoms with van der Waals surface area (Å²) in [5.74, 6) is -0.0442. The summed E-state index contributed by atoms with van der Waals surface area (Å²) in [5.41, 5.74) is 6.20. The average molecular weight is 293 g/mol. The summed E-state index contributed by atoms with van der Waals surface area (Å²) in [6.07, 6.45) is 2.66. The van der Waals surface area contributed by atoms with Crippen LogP contribution in [0.3, 0.4) is 0 Å². The molecule has 2 atom stereocenters. The number of halogens is 1. The molecule has 5 heteroatoms. The Morgan fingerprint density at radius 3 is 3.00 bits per heavy atom. The molecular formula is C16H24FN3O. The first-order valence-corrected chi connectivity index (χ1v) is 7.58. The largest absolute Gasteiger partial charge is 0.328 e. The Bertz CT molecular complexity index is 478. The van der Waals surface area contributed by atoms with Crippen LogP contribution in [0.4, 0.5) is 10.1 Å². The van der Waals surface area contributed by atoms with Gasteiger partial charge in [-0.3, -0.25) is 4.79 Å². The Balaban J connectivity index is 1.77. The van der Waals surface area contributed by atoms with E-state index in [0.29, 0.717) is 18.9 Å². The Morgan fingerprint density at radius 2 is 2.29 bits per heavy atom. The second-order valence-electron chi connectivity index (χ2n) is 5.84. The van der Waals surface area contributed by atoms with E-state index in [1.54, 1.807) is 18.2 Å². The first-order valence-electron chi connectivity index (χ1n) is 7.58. The van der Waals surface area contributed by atoms with Crippen molar-refractivity contribution in [1.29, 1.82) is 0 Å². The standard InChI is InChI=1S/C16H24FN3O/c1-12(18)13-5-4-9-20(11-13)10-8-16(21)19-15-7-3-2-6-14(15)17/h2-3,6-7,12-13H,4-5,8-11,18H2,1H3,(H,19,21). The molecule has 2 rings (SSSR count). The SMILES string of the molecule is CC(N)C1CCCN(CCC(=O)Nc2ccccc2F)C1. The monoisotopic (exact) mass is 293 g/mol. The maximum atomic E-state index is 13.4. The van der Waals surface area contributed by atoms with Gasteiger partial charge in [0.05, 0.1) is 5.69 Å². The van der Waals surface area contributed by atoms with Crippen molar-refractivity contribution in [1.82, 2.24) is 4.90 Å². The molecule has 1 heterocycles. The van der Waals surface area contributed by atoms with Gasteiger partial charge in [-0.2, -0.15) is 0 Å². The van der Waals surface area contributed by atoms with Gasteiger partial charge in [0.25, 0.3) is 0 Å². The number of para-hydroxylation sites is 1. The van der Waals surface area contributed by atoms with E-state index in [1.807, 2.05) is 6.92 Å². The summed E-state index contributed by atoms with van der Waals surface area (Å²) in [4.78, 5) is 14.2. The number of nitrogens with zero attached hydrogens (tertiary/aromatic N) is 1. The van der Waals surface area contributed by atoms with Crippen molar-refractivity contribution in [2.45, 2.75) is 32.2 Å². The number of anilines is 1. The predicted octanol–water partition coefficient (Wildman–Crippen LogP) is 2.21. The third-order valence-corrected chi connectivity index (χ3v) is 4.09. The van der Waals surface area contributed by atoms with Gasteiger partial charge in [0.1, 0.15) is 5.82 Å². The van der Waals surface area contributed by atoms with E-state index in [2.05, 4.69) is 10.2 Å². The minimum absolute atomic E-state index is 0.150. The molecule has 3 N–H and O–H groups in total. The number of rotatable bonds is 5. The van der Waals surface area contributed by atoms with Gasteiger partial charge < -0.3 is 16.0 Å². The van der Waals surface area contributed by atoms with Crippen LogP contribution < -0.4 is 11.1 Å². The topological polar surface area (TPSA) is 58.4 Å². The van der Waals surface area contributed by atoms with Crippen molar-refractivity contribution in [3.05, 3.63) is 30.1 Å². The number of piperidine rings is 1.